The number of hydrogen-bond acceptors (Lipinski definition) is 3. The van der Waals surface area contributed by atoms with E-state index in [2.05, 4.69) is 12.2 Å². The summed E-state index contributed by atoms with van der Waals surface area (Å²) in [6, 6.07) is 0.127. The molecule has 0 saturated heterocycles. The minimum atomic E-state index is -2.91. The quantitative estimate of drug-likeness (QED) is 0.798. The molecule has 17 heavy (non-hydrogen) atoms. The molecule has 1 N–H and O–H groups in total. The first-order chi connectivity index (χ1) is 7.99. The van der Waals surface area contributed by atoms with Crippen molar-refractivity contribution in [1.29, 1.82) is 0 Å². The molecule has 4 heteroatoms. The third-order valence-electron chi connectivity index (χ3n) is 3.82. The molecule has 0 radical (unpaired) electrons. The monoisotopic (exact) mass is 261 g/mol. The lowest BCUT2D eigenvalue weighted by Gasteiger charge is -2.28. The van der Waals surface area contributed by atoms with Crippen LogP contribution in [-0.2, 0) is 9.84 Å². The van der Waals surface area contributed by atoms with E-state index >= 15 is 0 Å². The summed E-state index contributed by atoms with van der Waals surface area (Å²) in [6.07, 6.45) is 4.88. The highest BCUT2D eigenvalue weighted by Crippen LogP contribution is 2.29. The molecule has 0 aliphatic heterocycles. The Bertz CT molecular complexity index is 313. The first kappa shape index (κ1) is 15.0. The van der Waals surface area contributed by atoms with E-state index < -0.39 is 9.84 Å². The smallest absolute Gasteiger partial charge is 0.154 e. The van der Waals surface area contributed by atoms with Crippen LogP contribution in [0.25, 0.3) is 0 Å². The Kier molecular flexibility index (Phi) is 5.93. The largest absolute Gasteiger partial charge is 0.313 e. The van der Waals surface area contributed by atoms with Crippen molar-refractivity contribution in [3.05, 3.63) is 0 Å². The van der Waals surface area contributed by atoms with Crippen LogP contribution in [0.2, 0.25) is 0 Å². The van der Waals surface area contributed by atoms with E-state index in [1.54, 1.807) is 0 Å². The van der Waals surface area contributed by atoms with E-state index in [1.165, 1.54) is 6.42 Å². The van der Waals surface area contributed by atoms with Gasteiger partial charge in [0.2, 0.25) is 0 Å². The molecule has 3 nitrogen and oxygen atoms in total. The summed E-state index contributed by atoms with van der Waals surface area (Å²) in [4.78, 5) is 0. The first-order valence-electron chi connectivity index (χ1n) is 6.94. The first-order valence-corrected chi connectivity index (χ1v) is 8.66. The van der Waals surface area contributed by atoms with Crippen molar-refractivity contribution in [2.24, 2.45) is 5.92 Å². The molecule has 1 rings (SSSR count). The van der Waals surface area contributed by atoms with Gasteiger partial charge in [0.1, 0.15) is 0 Å². The lowest BCUT2D eigenvalue weighted by Crippen LogP contribution is -2.39. The summed E-state index contributed by atoms with van der Waals surface area (Å²) in [5, 5.41) is 3.18. The topological polar surface area (TPSA) is 46.2 Å². The van der Waals surface area contributed by atoms with Crippen LogP contribution < -0.4 is 5.32 Å². The SMILES string of the molecule is CCNC(CC)CS(=O)(=O)C1CCCC(C)C1. The van der Waals surface area contributed by atoms with E-state index in [4.69, 9.17) is 0 Å². The zero-order valence-corrected chi connectivity index (χ0v) is 12.2. The van der Waals surface area contributed by atoms with Gasteiger partial charge in [0.25, 0.3) is 0 Å². The molecular formula is C13H27NO2S. The number of nitrogens with one attached hydrogen (secondary N) is 1. The van der Waals surface area contributed by atoms with Gasteiger partial charge in [-0.1, -0.05) is 33.6 Å². The van der Waals surface area contributed by atoms with Crippen LogP contribution in [0.4, 0.5) is 0 Å². The second-order valence-electron chi connectivity index (χ2n) is 5.39. The van der Waals surface area contributed by atoms with Gasteiger partial charge in [-0.3, -0.25) is 0 Å². The van der Waals surface area contributed by atoms with Crippen LogP contribution in [-0.4, -0.2) is 32.0 Å². The predicted molar refractivity (Wildman–Crippen MR) is 73.0 cm³/mol. The predicted octanol–water partition coefficient (Wildman–Crippen LogP) is 2.37. The molecule has 3 atom stereocenters. The third-order valence-corrected chi connectivity index (χ3v) is 6.13. The van der Waals surface area contributed by atoms with Gasteiger partial charge in [-0.05, 0) is 31.7 Å². The van der Waals surface area contributed by atoms with Gasteiger partial charge in [-0.2, -0.15) is 0 Å². The Morgan fingerprint density at radius 1 is 1.29 bits per heavy atom. The van der Waals surface area contributed by atoms with Crippen molar-refractivity contribution in [2.45, 2.75) is 64.2 Å². The molecule has 102 valence electrons. The Morgan fingerprint density at radius 3 is 2.53 bits per heavy atom. The fourth-order valence-electron chi connectivity index (χ4n) is 2.73. The summed E-state index contributed by atoms with van der Waals surface area (Å²) in [6.45, 7) is 7.09. The van der Waals surface area contributed by atoms with E-state index in [-0.39, 0.29) is 11.3 Å². The highest BCUT2D eigenvalue weighted by atomic mass is 32.2. The fourth-order valence-corrected chi connectivity index (χ4v) is 5.07. The molecule has 1 aliphatic carbocycles. The van der Waals surface area contributed by atoms with Crippen molar-refractivity contribution in [1.82, 2.24) is 5.32 Å². The van der Waals surface area contributed by atoms with Gasteiger partial charge < -0.3 is 5.32 Å². The Labute approximate surface area is 106 Å². The lowest BCUT2D eigenvalue weighted by molar-refractivity contribution is 0.380. The van der Waals surface area contributed by atoms with Gasteiger partial charge in [0.05, 0.1) is 11.0 Å². The maximum Gasteiger partial charge on any atom is 0.154 e. The van der Waals surface area contributed by atoms with Crippen molar-refractivity contribution in [2.75, 3.05) is 12.3 Å². The molecule has 0 spiro atoms. The van der Waals surface area contributed by atoms with Gasteiger partial charge in [0.15, 0.2) is 9.84 Å². The van der Waals surface area contributed by atoms with Gasteiger partial charge in [-0.15, -0.1) is 0 Å². The van der Waals surface area contributed by atoms with Crippen molar-refractivity contribution in [3.8, 4) is 0 Å². The summed E-state index contributed by atoms with van der Waals surface area (Å²) in [5.41, 5.74) is 0. The zero-order chi connectivity index (χ0) is 12.9. The average molecular weight is 261 g/mol. The van der Waals surface area contributed by atoms with Crippen LogP contribution in [0.3, 0.4) is 0 Å². The van der Waals surface area contributed by atoms with E-state index in [0.29, 0.717) is 11.7 Å². The molecule has 0 heterocycles. The van der Waals surface area contributed by atoms with Gasteiger partial charge in [0, 0.05) is 6.04 Å². The number of sulfone groups is 1. The van der Waals surface area contributed by atoms with Crippen molar-refractivity contribution >= 4 is 9.84 Å². The Hall–Kier alpha value is -0.0900. The maximum absolute atomic E-state index is 12.3. The molecule has 1 aliphatic rings. The Balaban J connectivity index is 2.60. The Morgan fingerprint density at radius 2 is 2.00 bits per heavy atom. The fraction of sp³-hybridized carbons (Fsp3) is 1.00. The second-order valence-corrected chi connectivity index (χ2v) is 7.71. The van der Waals surface area contributed by atoms with Crippen LogP contribution in [0.1, 0.15) is 52.9 Å². The molecule has 0 aromatic heterocycles. The van der Waals surface area contributed by atoms with E-state index in [1.807, 2.05) is 13.8 Å². The van der Waals surface area contributed by atoms with Crippen LogP contribution >= 0.6 is 0 Å². The molecule has 0 bridgehead atoms. The molecule has 0 aromatic carbocycles. The van der Waals surface area contributed by atoms with Crippen molar-refractivity contribution in [3.63, 3.8) is 0 Å². The summed E-state index contributed by atoms with van der Waals surface area (Å²) in [7, 11) is -2.91. The summed E-state index contributed by atoms with van der Waals surface area (Å²) < 4.78 is 24.7. The van der Waals surface area contributed by atoms with E-state index in [9.17, 15) is 8.42 Å². The molecule has 1 saturated carbocycles. The maximum atomic E-state index is 12.3. The minimum Gasteiger partial charge on any atom is -0.313 e. The molecule has 1 fully saturated rings. The number of hydrogen-bond donors (Lipinski definition) is 1. The molecule has 3 unspecified atom stereocenters. The highest BCUT2D eigenvalue weighted by molar-refractivity contribution is 7.92. The highest BCUT2D eigenvalue weighted by Gasteiger charge is 2.31. The van der Waals surface area contributed by atoms with Crippen LogP contribution in [0.5, 0.6) is 0 Å². The zero-order valence-electron chi connectivity index (χ0n) is 11.4. The van der Waals surface area contributed by atoms with Gasteiger partial charge in [-0.25, -0.2) is 8.42 Å². The molecule has 0 aromatic rings. The average Bonchev–Trinajstić information content (AvgIpc) is 2.28. The van der Waals surface area contributed by atoms with Crippen LogP contribution in [0, 0.1) is 5.92 Å². The number of rotatable bonds is 6. The standard InChI is InChI=1S/C13H27NO2S/c1-4-12(14-5-2)10-17(15,16)13-8-6-7-11(3)9-13/h11-14H,4-10H2,1-3H3. The van der Waals surface area contributed by atoms with E-state index in [0.717, 1.165) is 32.2 Å². The summed E-state index contributed by atoms with van der Waals surface area (Å²) >= 11 is 0. The van der Waals surface area contributed by atoms with Crippen LogP contribution in [0.15, 0.2) is 0 Å². The normalized spacial score (nSPS) is 27.9. The summed E-state index contributed by atoms with van der Waals surface area (Å²) in [5.74, 6) is 0.886. The second kappa shape index (κ2) is 6.74. The lowest BCUT2D eigenvalue weighted by atomic mass is 9.91. The van der Waals surface area contributed by atoms with Gasteiger partial charge >= 0.3 is 0 Å². The minimum absolute atomic E-state index is 0.0843. The van der Waals surface area contributed by atoms with Crippen molar-refractivity contribution < 1.29 is 8.42 Å². The third kappa shape index (κ3) is 4.59. The molecular weight excluding hydrogens is 234 g/mol. The molecule has 0 amide bonds.